The number of hydrogen-bond acceptors (Lipinski definition) is 5. The predicted molar refractivity (Wildman–Crippen MR) is 79.9 cm³/mol. The van der Waals surface area contributed by atoms with Crippen molar-refractivity contribution in [2.75, 3.05) is 19.0 Å². The highest BCUT2D eigenvalue weighted by Crippen LogP contribution is 2.33. The molecule has 0 aromatic heterocycles. The molecule has 1 aliphatic heterocycles. The number of anilines is 1. The van der Waals surface area contributed by atoms with Crippen molar-refractivity contribution in [2.45, 2.75) is 30.6 Å². The second-order valence-electron chi connectivity index (χ2n) is 5.04. The molecule has 0 unspecified atom stereocenters. The fraction of sp³-hybridized carbons (Fsp3) is 0.429. The molecule has 2 rings (SSSR count). The van der Waals surface area contributed by atoms with Crippen LogP contribution in [-0.2, 0) is 24.3 Å². The molecular formula is C14H18N2O5S. The Kier molecular flexibility index (Phi) is 4.82. The average molecular weight is 326 g/mol. The van der Waals surface area contributed by atoms with Crippen molar-refractivity contribution in [2.24, 2.45) is 0 Å². The second-order valence-corrected chi connectivity index (χ2v) is 6.80. The minimum Gasteiger partial charge on any atom is -0.469 e. The molecule has 0 spiro atoms. The number of carbonyl (C=O) groups excluding carboxylic acids is 2. The van der Waals surface area contributed by atoms with Gasteiger partial charge in [0.05, 0.1) is 17.9 Å². The number of rotatable bonds is 6. The number of sulfonamides is 1. The van der Waals surface area contributed by atoms with Crippen LogP contribution in [0.2, 0.25) is 0 Å². The van der Waals surface area contributed by atoms with Crippen LogP contribution in [0.25, 0.3) is 0 Å². The maximum absolute atomic E-state index is 12.2. The van der Waals surface area contributed by atoms with E-state index in [0.29, 0.717) is 17.7 Å². The van der Waals surface area contributed by atoms with Gasteiger partial charge in [0, 0.05) is 18.7 Å². The standard InChI is InChI=1S/C14H18N2O5S/c1-9-11-8-10(5-6-12(11)16-14(9)18)22(19,20)15-7-3-4-13(17)21-2/h5-6,8-9,15H,3-4,7H2,1-2H3,(H,16,18)/t9-/m0/s1. The van der Waals surface area contributed by atoms with Gasteiger partial charge in [0.25, 0.3) is 0 Å². The first-order valence-electron chi connectivity index (χ1n) is 6.86. The molecule has 8 heteroatoms. The van der Waals surface area contributed by atoms with Crippen molar-refractivity contribution in [1.82, 2.24) is 4.72 Å². The van der Waals surface area contributed by atoms with Crippen LogP contribution in [0.15, 0.2) is 23.1 Å². The number of fused-ring (bicyclic) bond motifs is 1. The Morgan fingerprint density at radius 2 is 2.14 bits per heavy atom. The molecule has 1 amide bonds. The van der Waals surface area contributed by atoms with Crippen molar-refractivity contribution in [3.05, 3.63) is 23.8 Å². The van der Waals surface area contributed by atoms with Gasteiger partial charge in [-0.05, 0) is 37.1 Å². The lowest BCUT2D eigenvalue weighted by atomic mass is 10.0. The van der Waals surface area contributed by atoms with Crippen LogP contribution in [0.5, 0.6) is 0 Å². The Hall–Kier alpha value is -1.93. The van der Waals surface area contributed by atoms with Crippen LogP contribution in [0.3, 0.4) is 0 Å². The molecule has 22 heavy (non-hydrogen) atoms. The molecule has 1 aromatic rings. The van der Waals surface area contributed by atoms with Gasteiger partial charge >= 0.3 is 5.97 Å². The summed E-state index contributed by atoms with van der Waals surface area (Å²) in [7, 11) is -2.38. The Bertz CT molecular complexity index is 699. The van der Waals surface area contributed by atoms with E-state index in [-0.39, 0.29) is 35.7 Å². The second kappa shape index (κ2) is 6.45. The molecule has 1 heterocycles. The summed E-state index contributed by atoms with van der Waals surface area (Å²) in [6, 6.07) is 4.53. The van der Waals surface area contributed by atoms with Crippen molar-refractivity contribution < 1.29 is 22.7 Å². The van der Waals surface area contributed by atoms with Crippen molar-refractivity contribution in [3.8, 4) is 0 Å². The molecule has 7 nitrogen and oxygen atoms in total. The van der Waals surface area contributed by atoms with Gasteiger partial charge in [0.15, 0.2) is 0 Å². The van der Waals surface area contributed by atoms with Crippen LogP contribution in [0.1, 0.15) is 31.2 Å². The number of ether oxygens (including phenoxy) is 1. The number of esters is 1. The van der Waals surface area contributed by atoms with E-state index < -0.39 is 10.0 Å². The maximum Gasteiger partial charge on any atom is 0.305 e. The summed E-state index contributed by atoms with van der Waals surface area (Å²) in [5.74, 6) is -0.893. The maximum atomic E-state index is 12.2. The van der Waals surface area contributed by atoms with Gasteiger partial charge in [-0.1, -0.05) is 0 Å². The summed E-state index contributed by atoms with van der Waals surface area (Å²) < 4.78 is 31.3. The van der Waals surface area contributed by atoms with Gasteiger partial charge in [-0.25, -0.2) is 13.1 Å². The third kappa shape index (κ3) is 3.45. The summed E-state index contributed by atoms with van der Waals surface area (Å²) in [6.45, 7) is 1.86. The van der Waals surface area contributed by atoms with Crippen LogP contribution >= 0.6 is 0 Å². The highest BCUT2D eigenvalue weighted by Gasteiger charge is 2.28. The first kappa shape index (κ1) is 16.4. The van der Waals surface area contributed by atoms with Gasteiger partial charge in [-0.2, -0.15) is 0 Å². The molecule has 2 N–H and O–H groups in total. The number of methoxy groups -OCH3 is 1. The van der Waals surface area contributed by atoms with Crippen molar-refractivity contribution in [3.63, 3.8) is 0 Å². The zero-order valence-electron chi connectivity index (χ0n) is 12.4. The average Bonchev–Trinajstić information content (AvgIpc) is 2.78. The van der Waals surface area contributed by atoms with E-state index in [4.69, 9.17) is 0 Å². The molecule has 0 aliphatic carbocycles. The minimum absolute atomic E-state index is 0.104. The van der Waals surface area contributed by atoms with Gasteiger partial charge in [-0.15, -0.1) is 0 Å². The molecule has 0 saturated carbocycles. The van der Waals surface area contributed by atoms with E-state index in [1.807, 2.05) is 0 Å². The first-order chi connectivity index (χ1) is 10.3. The fourth-order valence-corrected chi connectivity index (χ4v) is 3.30. The molecule has 0 radical (unpaired) electrons. The van der Waals surface area contributed by atoms with Crippen LogP contribution < -0.4 is 10.0 Å². The molecular weight excluding hydrogens is 308 g/mol. The van der Waals surface area contributed by atoms with E-state index >= 15 is 0 Å². The van der Waals surface area contributed by atoms with E-state index in [9.17, 15) is 18.0 Å². The molecule has 1 atom stereocenters. The van der Waals surface area contributed by atoms with Crippen LogP contribution in [0.4, 0.5) is 5.69 Å². The van der Waals surface area contributed by atoms with Gasteiger partial charge < -0.3 is 10.1 Å². The normalized spacial score (nSPS) is 17.0. The van der Waals surface area contributed by atoms with E-state index in [1.54, 1.807) is 13.0 Å². The summed E-state index contributed by atoms with van der Waals surface area (Å²) in [4.78, 5) is 22.6. The summed E-state index contributed by atoms with van der Waals surface area (Å²) in [5, 5.41) is 2.69. The van der Waals surface area contributed by atoms with Crippen molar-refractivity contribution >= 4 is 27.6 Å². The summed E-state index contributed by atoms with van der Waals surface area (Å²) >= 11 is 0. The Balaban J connectivity index is 2.05. The smallest absolute Gasteiger partial charge is 0.305 e. The monoisotopic (exact) mass is 326 g/mol. The lowest BCUT2D eigenvalue weighted by Gasteiger charge is -2.09. The third-order valence-electron chi connectivity index (χ3n) is 3.53. The quantitative estimate of drug-likeness (QED) is 0.599. The van der Waals surface area contributed by atoms with Gasteiger partial charge in [0.2, 0.25) is 15.9 Å². The predicted octanol–water partition coefficient (Wildman–Crippen LogP) is 0.974. The highest BCUT2D eigenvalue weighted by atomic mass is 32.2. The zero-order valence-corrected chi connectivity index (χ0v) is 13.2. The Labute approximate surface area is 129 Å². The minimum atomic E-state index is -3.67. The van der Waals surface area contributed by atoms with E-state index in [1.165, 1.54) is 19.2 Å². The lowest BCUT2D eigenvalue weighted by molar-refractivity contribution is -0.140. The van der Waals surface area contributed by atoms with E-state index in [0.717, 1.165) is 0 Å². The number of carbonyl (C=O) groups is 2. The Morgan fingerprint density at radius 1 is 1.41 bits per heavy atom. The van der Waals surface area contributed by atoms with Crippen molar-refractivity contribution in [1.29, 1.82) is 0 Å². The van der Waals surface area contributed by atoms with Crippen LogP contribution in [-0.4, -0.2) is 33.9 Å². The molecule has 120 valence electrons. The molecule has 0 fully saturated rings. The third-order valence-corrected chi connectivity index (χ3v) is 4.99. The highest BCUT2D eigenvalue weighted by molar-refractivity contribution is 7.89. The van der Waals surface area contributed by atoms with Gasteiger partial charge in [-0.3, -0.25) is 9.59 Å². The molecule has 0 saturated heterocycles. The van der Waals surface area contributed by atoms with E-state index in [2.05, 4.69) is 14.8 Å². The summed E-state index contributed by atoms with van der Waals surface area (Å²) in [5.41, 5.74) is 1.31. The van der Waals surface area contributed by atoms with Crippen LogP contribution in [0, 0.1) is 0 Å². The number of nitrogens with one attached hydrogen (secondary N) is 2. The number of amides is 1. The number of hydrogen-bond donors (Lipinski definition) is 2. The van der Waals surface area contributed by atoms with Gasteiger partial charge in [0.1, 0.15) is 0 Å². The SMILES string of the molecule is COC(=O)CCCNS(=O)(=O)c1ccc2c(c1)[C@H](C)C(=O)N2. The fourth-order valence-electron chi connectivity index (χ4n) is 2.19. The topological polar surface area (TPSA) is 102 Å². The lowest BCUT2D eigenvalue weighted by Crippen LogP contribution is -2.25. The number of benzene rings is 1. The molecule has 1 aliphatic rings. The molecule has 0 bridgehead atoms. The largest absolute Gasteiger partial charge is 0.469 e. The summed E-state index contributed by atoms with van der Waals surface area (Å²) in [6.07, 6.45) is 0.506. The Morgan fingerprint density at radius 3 is 2.82 bits per heavy atom. The molecule has 1 aromatic carbocycles. The first-order valence-corrected chi connectivity index (χ1v) is 8.35. The zero-order chi connectivity index (χ0) is 16.3.